The number of hydrogen-bond donors (Lipinski definition) is 0. The number of halogens is 5. The van der Waals surface area contributed by atoms with E-state index < -0.39 is 7.54 Å². The van der Waals surface area contributed by atoms with E-state index in [9.17, 15) is 12.9 Å². The Labute approximate surface area is 140 Å². The molecule has 0 heterocycles. The van der Waals surface area contributed by atoms with E-state index in [0.717, 1.165) is 0 Å². The zero-order valence-corrected chi connectivity index (χ0v) is 15.1. The smallest absolute Gasteiger partial charge is 0.762 e. The first-order valence-electron chi connectivity index (χ1n) is 6.51. The van der Waals surface area contributed by atoms with Crippen LogP contribution in [0.4, 0.5) is 12.9 Å². The molecule has 0 aliphatic rings. The van der Waals surface area contributed by atoms with Gasteiger partial charge in [-0.2, -0.15) is 0 Å². The normalized spacial score (nSPS) is 9.41. The summed E-state index contributed by atoms with van der Waals surface area (Å²) in [6, 6.07) is 13.6. The fourth-order valence-electron chi connectivity index (χ4n) is 2.02. The highest BCUT2D eigenvalue weighted by Gasteiger charge is 2.20. The highest BCUT2D eigenvalue weighted by molar-refractivity contribution is 6.33. The second-order valence-electron chi connectivity index (χ2n) is 4.85. The van der Waals surface area contributed by atoms with Gasteiger partial charge in [-0.05, 0) is 39.8 Å². The number of rotatable bonds is 2. The maximum Gasteiger partial charge on any atom is 0.762 e. The van der Waals surface area contributed by atoms with Crippen LogP contribution in [0.2, 0.25) is 0 Å². The maximum absolute atomic E-state index is 9.67. The maximum atomic E-state index is 9.67. The topological polar surface area (TPSA) is 0 Å². The SMILES string of the molecule is Cc1ccc([I+]c2c(C)cc(C)cc2C)cc1.FB(F)F.[F-]. The summed E-state index contributed by atoms with van der Waals surface area (Å²) in [6.45, 7) is 8.80. The predicted molar refractivity (Wildman–Crippen MR) is 78.3 cm³/mol. The van der Waals surface area contributed by atoms with Gasteiger partial charge in [0, 0.05) is 11.1 Å². The van der Waals surface area contributed by atoms with Gasteiger partial charge >= 0.3 is 28.7 Å². The lowest BCUT2D eigenvalue weighted by molar-refractivity contribution is -0.598. The first kappa shape index (κ1) is 21.0. The van der Waals surface area contributed by atoms with Crippen molar-refractivity contribution in [1.29, 1.82) is 0 Å². The van der Waals surface area contributed by atoms with Gasteiger partial charge in [0.2, 0.25) is 0 Å². The Hall–Kier alpha value is -1.05. The van der Waals surface area contributed by atoms with Gasteiger partial charge in [-0.25, -0.2) is 0 Å². The minimum absolute atomic E-state index is 0. The van der Waals surface area contributed by atoms with E-state index in [1.165, 1.54) is 25.8 Å². The summed E-state index contributed by atoms with van der Waals surface area (Å²) in [4.78, 5) is 0. The van der Waals surface area contributed by atoms with Crippen LogP contribution in [-0.2, 0) is 0 Å². The van der Waals surface area contributed by atoms with E-state index >= 15 is 0 Å². The molecule has 120 valence electrons. The Morgan fingerprint density at radius 1 is 0.773 bits per heavy atom. The largest absolute Gasteiger partial charge is 1.00 e. The Balaban J connectivity index is 0.000000791. The zero-order chi connectivity index (χ0) is 16.0. The molecule has 0 aromatic heterocycles. The average molecular weight is 424 g/mol. The van der Waals surface area contributed by atoms with Crippen molar-refractivity contribution in [2.24, 2.45) is 0 Å². The van der Waals surface area contributed by atoms with E-state index in [-0.39, 0.29) is 25.9 Å². The molecule has 0 bridgehead atoms. The molecule has 0 unspecified atom stereocenters. The van der Waals surface area contributed by atoms with Crippen LogP contribution in [0.15, 0.2) is 36.4 Å². The van der Waals surface area contributed by atoms with Crippen LogP contribution in [-0.4, -0.2) is 7.54 Å². The minimum Gasteiger partial charge on any atom is -1.00 e. The van der Waals surface area contributed by atoms with Gasteiger partial charge < -0.3 is 4.70 Å². The second kappa shape index (κ2) is 9.87. The molecule has 0 amide bonds. The summed E-state index contributed by atoms with van der Waals surface area (Å²) in [7, 11) is -3.67. The monoisotopic (exact) mass is 424 g/mol. The molecular formula is C16H18BF4I. The predicted octanol–water partition coefficient (Wildman–Crippen LogP) is -1.07. The van der Waals surface area contributed by atoms with E-state index in [1.807, 2.05) is 0 Å². The van der Waals surface area contributed by atoms with Gasteiger partial charge in [-0.1, -0.05) is 35.4 Å². The van der Waals surface area contributed by atoms with Crippen molar-refractivity contribution in [3.63, 3.8) is 0 Å². The molecule has 0 aliphatic carbocycles. The first-order chi connectivity index (χ1) is 9.79. The molecule has 0 spiro atoms. The van der Waals surface area contributed by atoms with Crippen molar-refractivity contribution in [2.45, 2.75) is 27.7 Å². The molecule has 2 aromatic rings. The van der Waals surface area contributed by atoms with Crippen LogP contribution in [0.3, 0.4) is 0 Å². The highest BCUT2D eigenvalue weighted by Crippen LogP contribution is 2.07. The summed E-state index contributed by atoms with van der Waals surface area (Å²) in [5, 5.41) is 0. The molecule has 0 atom stereocenters. The third-order valence-corrected chi connectivity index (χ3v) is 6.38. The van der Waals surface area contributed by atoms with Gasteiger partial charge in [0.25, 0.3) is 0 Å². The third-order valence-electron chi connectivity index (χ3n) is 2.80. The lowest BCUT2D eigenvalue weighted by atomic mass is 10.1. The molecule has 0 saturated carbocycles. The van der Waals surface area contributed by atoms with Crippen LogP contribution in [0.25, 0.3) is 0 Å². The fraction of sp³-hybridized carbons (Fsp3) is 0.250. The summed E-state index contributed by atoms with van der Waals surface area (Å²) in [5.74, 6) is 0. The Bertz CT molecular complexity index is 559. The minimum atomic E-state index is -3.67. The second-order valence-corrected chi connectivity index (χ2v) is 7.71. The van der Waals surface area contributed by atoms with E-state index in [1.54, 1.807) is 3.57 Å². The quantitative estimate of drug-likeness (QED) is 0.328. The molecule has 0 saturated heterocycles. The van der Waals surface area contributed by atoms with Crippen LogP contribution in [0, 0.1) is 34.8 Å². The van der Waals surface area contributed by atoms with Gasteiger partial charge in [0.05, 0.1) is 0 Å². The van der Waals surface area contributed by atoms with E-state index in [2.05, 4.69) is 64.1 Å². The average Bonchev–Trinajstić information content (AvgIpc) is 2.35. The third kappa shape index (κ3) is 7.29. The van der Waals surface area contributed by atoms with E-state index in [4.69, 9.17) is 0 Å². The van der Waals surface area contributed by atoms with Crippen LogP contribution >= 0.6 is 0 Å². The molecule has 0 N–H and O–H groups in total. The summed E-state index contributed by atoms with van der Waals surface area (Å²) < 4.78 is 32.1. The standard InChI is InChI=1S/C16H18I.BF3.FH/c1-11-5-7-15(8-6-11)17-16-13(3)9-12(2)10-14(16)4;2-1(3)4;/h5-10H,1-4H3;;1H/q+1;;/p-1. The Kier molecular flexibility index (Phi) is 9.40. The van der Waals surface area contributed by atoms with Crippen LogP contribution in [0.5, 0.6) is 0 Å². The summed E-state index contributed by atoms with van der Waals surface area (Å²) in [6.07, 6.45) is 0. The molecular weight excluding hydrogens is 406 g/mol. The fourth-order valence-corrected chi connectivity index (χ4v) is 4.52. The van der Waals surface area contributed by atoms with Gasteiger partial charge in [0.1, 0.15) is 0 Å². The molecule has 0 aliphatic heterocycles. The Morgan fingerprint density at radius 2 is 1.18 bits per heavy atom. The summed E-state index contributed by atoms with van der Waals surface area (Å²) >= 11 is -0.0403. The molecule has 0 radical (unpaired) electrons. The van der Waals surface area contributed by atoms with Gasteiger partial charge in [0.15, 0.2) is 7.14 Å². The lowest BCUT2D eigenvalue weighted by Crippen LogP contribution is -3.62. The number of hydrogen-bond acceptors (Lipinski definition) is 0. The molecule has 6 heteroatoms. The van der Waals surface area contributed by atoms with Crippen molar-refractivity contribution >= 4 is 7.54 Å². The van der Waals surface area contributed by atoms with Crippen molar-refractivity contribution in [2.75, 3.05) is 0 Å². The molecule has 0 fully saturated rings. The summed E-state index contributed by atoms with van der Waals surface area (Å²) in [5.41, 5.74) is 5.62. The number of aryl methyl sites for hydroxylation is 4. The van der Waals surface area contributed by atoms with Crippen molar-refractivity contribution in [3.8, 4) is 0 Å². The molecule has 2 rings (SSSR count). The van der Waals surface area contributed by atoms with E-state index in [0.29, 0.717) is 0 Å². The molecule has 2 aromatic carbocycles. The van der Waals surface area contributed by atoms with Crippen molar-refractivity contribution in [1.82, 2.24) is 0 Å². The van der Waals surface area contributed by atoms with Crippen LogP contribution in [0.1, 0.15) is 22.3 Å². The van der Waals surface area contributed by atoms with Crippen molar-refractivity contribution < 1.29 is 38.9 Å². The van der Waals surface area contributed by atoms with Gasteiger partial charge in [-0.15, -0.1) is 0 Å². The van der Waals surface area contributed by atoms with Crippen LogP contribution < -0.4 is 25.9 Å². The van der Waals surface area contributed by atoms with Gasteiger partial charge in [-0.3, -0.25) is 12.9 Å². The Morgan fingerprint density at radius 3 is 1.59 bits per heavy atom. The highest BCUT2D eigenvalue weighted by atomic mass is 127. The lowest BCUT2D eigenvalue weighted by Gasteiger charge is -2.00. The number of benzene rings is 2. The van der Waals surface area contributed by atoms with Crippen molar-refractivity contribution in [3.05, 3.63) is 65.8 Å². The molecule has 22 heavy (non-hydrogen) atoms. The first-order valence-corrected chi connectivity index (χ1v) is 8.67. The molecule has 0 nitrogen and oxygen atoms in total. The zero-order valence-electron chi connectivity index (χ0n) is 12.9.